The molecule has 0 radical (unpaired) electrons. The Hall–Kier alpha value is -1.35. The van der Waals surface area contributed by atoms with E-state index in [2.05, 4.69) is 34.6 Å². The molecule has 2 aromatic heterocycles. The second kappa shape index (κ2) is 3.59. The highest BCUT2D eigenvalue weighted by molar-refractivity contribution is 5.55. The van der Waals surface area contributed by atoms with Gasteiger partial charge in [0.1, 0.15) is 5.82 Å². The van der Waals surface area contributed by atoms with Gasteiger partial charge in [0.05, 0.1) is 11.2 Å². The van der Waals surface area contributed by atoms with Crippen LogP contribution in [0.1, 0.15) is 35.8 Å². The topological polar surface area (TPSA) is 43.3 Å². The normalized spacial score (nSPS) is 15.9. The van der Waals surface area contributed by atoms with E-state index in [9.17, 15) is 0 Å². The molecule has 1 aliphatic carbocycles. The van der Waals surface area contributed by atoms with Crippen LogP contribution in [-0.2, 0) is 6.42 Å². The quantitative estimate of drug-likeness (QED) is 0.851. The zero-order valence-corrected chi connectivity index (χ0v) is 9.61. The van der Waals surface area contributed by atoms with Gasteiger partial charge in [-0.25, -0.2) is 4.98 Å². The molecule has 2 heterocycles. The van der Waals surface area contributed by atoms with Gasteiger partial charge >= 0.3 is 0 Å². The van der Waals surface area contributed by atoms with E-state index in [0.29, 0.717) is 12.5 Å². The molecule has 3 heteroatoms. The van der Waals surface area contributed by atoms with Gasteiger partial charge in [0.25, 0.3) is 0 Å². The van der Waals surface area contributed by atoms with Crippen LogP contribution in [0.25, 0.3) is 5.52 Å². The van der Waals surface area contributed by atoms with Crippen molar-refractivity contribution in [1.29, 1.82) is 0 Å². The van der Waals surface area contributed by atoms with Crippen molar-refractivity contribution in [3.63, 3.8) is 0 Å². The van der Waals surface area contributed by atoms with E-state index < -0.39 is 0 Å². The number of hydrogen-bond acceptors (Lipinski definition) is 2. The molecule has 3 nitrogen and oxygen atoms in total. The van der Waals surface area contributed by atoms with E-state index in [-0.39, 0.29) is 0 Å². The van der Waals surface area contributed by atoms with Crippen LogP contribution in [0.15, 0.2) is 18.3 Å². The highest BCUT2D eigenvalue weighted by Gasteiger charge is 2.28. The molecule has 0 aliphatic heterocycles. The molecule has 1 fully saturated rings. The first kappa shape index (κ1) is 9.85. The van der Waals surface area contributed by atoms with Gasteiger partial charge in [-0.1, -0.05) is 0 Å². The molecule has 84 valence electrons. The van der Waals surface area contributed by atoms with E-state index in [0.717, 1.165) is 12.1 Å². The van der Waals surface area contributed by atoms with Crippen molar-refractivity contribution >= 4 is 5.52 Å². The maximum atomic E-state index is 5.58. The fourth-order valence-electron chi connectivity index (χ4n) is 2.26. The number of aryl methyl sites for hydroxylation is 1. The van der Waals surface area contributed by atoms with Crippen LogP contribution >= 0.6 is 0 Å². The molecule has 0 spiro atoms. The van der Waals surface area contributed by atoms with E-state index in [1.165, 1.54) is 29.7 Å². The maximum Gasteiger partial charge on any atom is 0.116 e. The summed E-state index contributed by atoms with van der Waals surface area (Å²) in [5, 5.41) is 0. The smallest absolute Gasteiger partial charge is 0.116 e. The molecular weight excluding hydrogens is 198 g/mol. The largest absolute Gasteiger partial charge is 0.330 e. The van der Waals surface area contributed by atoms with Crippen LogP contribution < -0.4 is 5.73 Å². The Balaban J connectivity index is 2.12. The molecule has 2 N–H and O–H groups in total. The number of aromatic nitrogens is 2. The SMILES string of the molecule is Cc1nc(C2CC2)n2ccc(CCN)cc12. The minimum atomic E-state index is 0.696. The number of hydrogen-bond donors (Lipinski definition) is 1. The Morgan fingerprint density at radius 3 is 3.00 bits per heavy atom. The minimum absolute atomic E-state index is 0.696. The summed E-state index contributed by atoms with van der Waals surface area (Å²) in [6.45, 7) is 2.80. The van der Waals surface area contributed by atoms with Crippen molar-refractivity contribution in [2.24, 2.45) is 5.73 Å². The average Bonchev–Trinajstić information content (AvgIpc) is 3.06. The van der Waals surface area contributed by atoms with Crippen molar-refractivity contribution in [1.82, 2.24) is 9.38 Å². The van der Waals surface area contributed by atoms with Crippen molar-refractivity contribution in [3.05, 3.63) is 35.4 Å². The van der Waals surface area contributed by atoms with Gasteiger partial charge in [-0.15, -0.1) is 0 Å². The van der Waals surface area contributed by atoms with Gasteiger partial charge in [-0.05, 0) is 50.4 Å². The minimum Gasteiger partial charge on any atom is -0.330 e. The van der Waals surface area contributed by atoms with E-state index >= 15 is 0 Å². The lowest BCUT2D eigenvalue weighted by molar-refractivity contribution is 0.908. The summed E-state index contributed by atoms with van der Waals surface area (Å²) in [7, 11) is 0. The van der Waals surface area contributed by atoms with Gasteiger partial charge in [0.2, 0.25) is 0 Å². The molecule has 0 saturated heterocycles. The molecule has 3 rings (SSSR count). The summed E-state index contributed by atoms with van der Waals surface area (Å²) >= 11 is 0. The van der Waals surface area contributed by atoms with Crippen LogP contribution in [0.4, 0.5) is 0 Å². The highest BCUT2D eigenvalue weighted by atomic mass is 15.0. The van der Waals surface area contributed by atoms with Crippen molar-refractivity contribution < 1.29 is 0 Å². The zero-order valence-electron chi connectivity index (χ0n) is 9.61. The van der Waals surface area contributed by atoms with Gasteiger partial charge in [-0.3, -0.25) is 0 Å². The Labute approximate surface area is 95.3 Å². The van der Waals surface area contributed by atoms with Gasteiger partial charge in [0, 0.05) is 12.1 Å². The summed E-state index contributed by atoms with van der Waals surface area (Å²) in [4.78, 5) is 4.68. The Bertz CT molecular complexity index is 523. The summed E-state index contributed by atoms with van der Waals surface area (Å²) in [6.07, 6.45) is 5.68. The number of nitrogens with zero attached hydrogens (tertiary/aromatic N) is 2. The van der Waals surface area contributed by atoms with Crippen LogP contribution in [0.3, 0.4) is 0 Å². The zero-order chi connectivity index (χ0) is 11.1. The fourth-order valence-corrected chi connectivity index (χ4v) is 2.26. The number of imidazole rings is 1. The summed E-state index contributed by atoms with van der Waals surface area (Å²) in [5.74, 6) is 1.94. The second-order valence-corrected chi connectivity index (χ2v) is 4.66. The van der Waals surface area contributed by atoms with E-state index in [1.54, 1.807) is 0 Å². The van der Waals surface area contributed by atoms with E-state index in [1.807, 2.05) is 0 Å². The van der Waals surface area contributed by atoms with Crippen molar-refractivity contribution in [2.75, 3.05) is 6.54 Å². The van der Waals surface area contributed by atoms with Crippen LogP contribution in [0.2, 0.25) is 0 Å². The molecule has 16 heavy (non-hydrogen) atoms. The predicted molar refractivity (Wildman–Crippen MR) is 64.7 cm³/mol. The number of nitrogens with two attached hydrogens (primary N) is 1. The average molecular weight is 215 g/mol. The van der Waals surface area contributed by atoms with Crippen LogP contribution in [0, 0.1) is 6.92 Å². The first-order chi connectivity index (χ1) is 7.79. The Morgan fingerprint density at radius 2 is 2.31 bits per heavy atom. The first-order valence-corrected chi connectivity index (χ1v) is 5.97. The monoisotopic (exact) mass is 215 g/mol. The van der Waals surface area contributed by atoms with Crippen molar-refractivity contribution in [3.8, 4) is 0 Å². The molecule has 1 saturated carbocycles. The molecule has 0 atom stereocenters. The lowest BCUT2D eigenvalue weighted by Crippen LogP contribution is -2.03. The first-order valence-electron chi connectivity index (χ1n) is 5.97. The predicted octanol–water partition coefficient (Wildman–Crippen LogP) is 2.02. The fraction of sp³-hybridized carbons (Fsp3) is 0.462. The van der Waals surface area contributed by atoms with Crippen LogP contribution in [0.5, 0.6) is 0 Å². The van der Waals surface area contributed by atoms with Gasteiger partial charge in [-0.2, -0.15) is 0 Å². The Morgan fingerprint density at radius 1 is 1.50 bits per heavy atom. The lowest BCUT2D eigenvalue weighted by atomic mass is 10.2. The van der Waals surface area contributed by atoms with Gasteiger partial charge < -0.3 is 10.1 Å². The highest BCUT2D eigenvalue weighted by Crippen LogP contribution is 2.39. The van der Waals surface area contributed by atoms with Crippen LogP contribution in [-0.4, -0.2) is 15.9 Å². The maximum absolute atomic E-state index is 5.58. The van der Waals surface area contributed by atoms with Gasteiger partial charge in [0.15, 0.2) is 0 Å². The van der Waals surface area contributed by atoms with Crippen molar-refractivity contribution in [2.45, 2.75) is 32.1 Å². The summed E-state index contributed by atoms with van der Waals surface area (Å²) in [6, 6.07) is 4.38. The molecule has 2 aromatic rings. The third-order valence-electron chi connectivity index (χ3n) is 3.29. The second-order valence-electron chi connectivity index (χ2n) is 4.66. The molecule has 0 aromatic carbocycles. The molecule has 0 unspecified atom stereocenters. The number of fused-ring (bicyclic) bond motifs is 1. The summed E-state index contributed by atoms with van der Waals surface area (Å²) in [5.41, 5.74) is 9.27. The molecule has 0 bridgehead atoms. The third-order valence-corrected chi connectivity index (χ3v) is 3.29. The van der Waals surface area contributed by atoms with E-state index in [4.69, 9.17) is 5.73 Å². The number of pyridine rings is 1. The lowest BCUT2D eigenvalue weighted by Gasteiger charge is -2.02. The standard InChI is InChI=1S/C13H17N3/c1-9-12-8-10(4-6-14)5-7-16(12)13(15-9)11-2-3-11/h5,7-8,11H,2-4,6,14H2,1H3. The summed E-state index contributed by atoms with van der Waals surface area (Å²) < 4.78 is 2.24. The molecule has 1 aliphatic rings. The number of rotatable bonds is 3. The molecular formula is C13H17N3. The third kappa shape index (κ3) is 1.52. The Kier molecular flexibility index (Phi) is 2.21. The molecule has 0 amide bonds.